The molecular weight excluding hydrogens is 246 g/mol. The highest BCUT2D eigenvalue weighted by molar-refractivity contribution is 5.99. The third-order valence-electron chi connectivity index (χ3n) is 3.06. The number of carbonyl (C=O) groups is 2. The molecule has 0 aromatic heterocycles. The first-order valence-electron chi connectivity index (χ1n) is 6.34. The summed E-state index contributed by atoms with van der Waals surface area (Å²) in [7, 11) is 0. The first kappa shape index (κ1) is 13.4. The Morgan fingerprint density at radius 1 is 1.47 bits per heavy atom. The average molecular weight is 263 g/mol. The van der Waals surface area contributed by atoms with Crippen LogP contribution in [-0.2, 0) is 9.53 Å². The van der Waals surface area contributed by atoms with Crippen LogP contribution in [0.3, 0.4) is 0 Å². The third-order valence-corrected chi connectivity index (χ3v) is 3.06. The van der Waals surface area contributed by atoms with E-state index in [0.29, 0.717) is 31.1 Å². The van der Waals surface area contributed by atoms with E-state index in [4.69, 9.17) is 9.47 Å². The lowest BCUT2D eigenvalue weighted by Gasteiger charge is -2.25. The molecule has 102 valence electrons. The van der Waals surface area contributed by atoms with E-state index in [1.165, 1.54) is 4.90 Å². The van der Waals surface area contributed by atoms with Crippen molar-refractivity contribution in [2.24, 2.45) is 0 Å². The van der Waals surface area contributed by atoms with Crippen molar-refractivity contribution in [1.29, 1.82) is 0 Å². The highest BCUT2D eigenvalue weighted by Crippen LogP contribution is 2.23. The fraction of sp³-hybridized carbons (Fsp3) is 0.429. The van der Waals surface area contributed by atoms with E-state index in [1.807, 2.05) is 6.07 Å². The highest BCUT2D eigenvalue weighted by Gasteiger charge is 2.31. The topological polar surface area (TPSA) is 55.8 Å². The van der Waals surface area contributed by atoms with Crippen molar-refractivity contribution in [2.45, 2.75) is 19.9 Å². The fourth-order valence-corrected chi connectivity index (χ4v) is 2.04. The van der Waals surface area contributed by atoms with Gasteiger partial charge in [0.1, 0.15) is 18.4 Å². The summed E-state index contributed by atoms with van der Waals surface area (Å²) in [6, 6.07) is 6.44. The van der Waals surface area contributed by atoms with Gasteiger partial charge in [0, 0.05) is 0 Å². The quantitative estimate of drug-likeness (QED) is 0.775. The Bertz CT molecular complexity index is 486. The van der Waals surface area contributed by atoms with E-state index in [-0.39, 0.29) is 5.91 Å². The number of amides is 1. The van der Waals surface area contributed by atoms with Gasteiger partial charge in [0.2, 0.25) is 0 Å². The summed E-state index contributed by atoms with van der Waals surface area (Å²) < 4.78 is 10.5. The van der Waals surface area contributed by atoms with Crippen LogP contribution in [0.5, 0.6) is 5.75 Å². The monoisotopic (exact) mass is 263 g/mol. The molecule has 1 aromatic carbocycles. The number of ether oxygens (including phenoxy) is 2. The van der Waals surface area contributed by atoms with E-state index in [1.54, 1.807) is 32.0 Å². The number of hydrogen-bond acceptors (Lipinski definition) is 4. The van der Waals surface area contributed by atoms with E-state index in [9.17, 15) is 9.59 Å². The van der Waals surface area contributed by atoms with Crippen molar-refractivity contribution in [1.82, 2.24) is 4.90 Å². The number of fused-ring (bicyclic) bond motifs is 1. The first-order valence-corrected chi connectivity index (χ1v) is 6.34. The number of hydrogen-bond donors (Lipinski definition) is 0. The molecule has 5 heteroatoms. The molecule has 1 atom stereocenters. The van der Waals surface area contributed by atoms with E-state index >= 15 is 0 Å². The molecule has 0 unspecified atom stereocenters. The third kappa shape index (κ3) is 2.70. The predicted molar refractivity (Wildman–Crippen MR) is 69.1 cm³/mol. The van der Waals surface area contributed by atoms with Gasteiger partial charge in [-0.3, -0.25) is 4.79 Å². The number of nitrogens with zero attached hydrogens (tertiary/aromatic N) is 1. The van der Waals surface area contributed by atoms with Gasteiger partial charge >= 0.3 is 5.97 Å². The molecule has 0 N–H and O–H groups in total. The summed E-state index contributed by atoms with van der Waals surface area (Å²) in [6.45, 7) is 4.45. The summed E-state index contributed by atoms with van der Waals surface area (Å²) in [5.41, 5.74) is 0.483. The fourth-order valence-electron chi connectivity index (χ4n) is 2.04. The van der Waals surface area contributed by atoms with Crippen molar-refractivity contribution in [3.8, 4) is 5.75 Å². The molecule has 0 spiro atoms. The molecule has 0 fully saturated rings. The zero-order valence-corrected chi connectivity index (χ0v) is 11.1. The number of para-hydroxylation sites is 1. The smallest absolute Gasteiger partial charge is 0.328 e. The second kappa shape index (κ2) is 5.73. The Hall–Kier alpha value is -2.04. The standard InChI is InChI=1S/C14H17NO4/c1-3-18-14(17)10(2)15-8-9-19-12-7-5-4-6-11(12)13(15)16/h4-7,10H,3,8-9H2,1-2H3/t10-/m0/s1. The average Bonchev–Trinajstić information content (AvgIpc) is 2.58. The van der Waals surface area contributed by atoms with Gasteiger partial charge in [0.25, 0.3) is 5.91 Å². The van der Waals surface area contributed by atoms with Crippen LogP contribution in [0.1, 0.15) is 24.2 Å². The summed E-state index contributed by atoms with van der Waals surface area (Å²) in [5.74, 6) is -0.0325. The predicted octanol–water partition coefficient (Wildman–Crippen LogP) is 1.47. The number of rotatable bonds is 3. The van der Waals surface area contributed by atoms with Crippen LogP contribution >= 0.6 is 0 Å². The van der Waals surface area contributed by atoms with Gasteiger partial charge in [-0.15, -0.1) is 0 Å². The minimum Gasteiger partial charge on any atom is -0.491 e. The minimum atomic E-state index is -0.609. The maximum Gasteiger partial charge on any atom is 0.328 e. The number of benzene rings is 1. The molecule has 0 saturated heterocycles. The van der Waals surface area contributed by atoms with Gasteiger partial charge in [-0.25, -0.2) is 4.79 Å². The summed E-state index contributed by atoms with van der Waals surface area (Å²) >= 11 is 0. The molecule has 5 nitrogen and oxygen atoms in total. The SMILES string of the molecule is CCOC(=O)[C@H](C)N1CCOc2ccccc2C1=O. The van der Waals surface area contributed by atoms with Crippen LogP contribution in [-0.4, -0.2) is 42.6 Å². The molecular formula is C14H17NO4. The second-order valence-corrected chi connectivity index (χ2v) is 4.27. The van der Waals surface area contributed by atoms with Crippen LogP contribution < -0.4 is 4.74 Å². The zero-order chi connectivity index (χ0) is 13.8. The van der Waals surface area contributed by atoms with Crippen molar-refractivity contribution in [2.75, 3.05) is 19.8 Å². The molecule has 19 heavy (non-hydrogen) atoms. The van der Waals surface area contributed by atoms with Crippen molar-refractivity contribution in [3.63, 3.8) is 0 Å². The highest BCUT2D eigenvalue weighted by atomic mass is 16.5. The van der Waals surface area contributed by atoms with Crippen LogP contribution in [0.15, 0.2) is 24.3 Å². The summed E-state index contributed by atoms with van der Waals surface area (Å²) in [4.78, 5) is 25.7. The lowest BCUT2D eigenvalue weighted by atomic mass is 10.1. The molecule has 0 radical (unpaired) electrons. The normalized spacial score (nSPS) is 16.1. The molecule has 0 bridgehead atoms. The maximum atomic E-state index is 12.4. The lowest BCUT2D eigenvalue weighted by Crippen LogP contribution is -2.44. The van der Waals surface area contributed by atoms with Crippen LogP contribution in [0, 0.1) is 0 Å². The van der Waals surface area contributed by atoms with Gasteiger partial charge < -0.3 is 14.4 Å². The van der Waals surface area contributed by atoms with Crippen molar-refractivity contribution >= 4 is 11.9 Å². The summed E-state index contributed by atoms with van der Waals surface area (Å²) in [5, 5.41) is 0. The van der Waals surface area contributed by atoms with Crippen LogP contribution in [0.4, 0.5) is 0 Å². The van der Waals surface area contributed by atoms with Gasteiger partial charge in [0.05, 0.1) is 18.7 Å². The minimum absolute atomic E-state index is 0.200. The van der Waals surface area contributed by atoms with Crippen LogP contribution in [0.2, 0.25) is 0 Å². The molecule has 1 aromatic rings. The Kier molecular flexibility index (Phi) is 4.04. The molecule has 0 saturated carbocycles. The van der Waals surface area contributed by atoms with Gasteiger partial charge in [-0.05, 0) is 26.0 Å². The Morgan fingerprint density at radius 2 is 2.21 bits per heavy atom. The summed E-state index contributed by atoms with van der Waals surface area (Å²) in [6.07, 6.45) is 0. The Morgan fingerprint density at radius 3 is 2.95 bits per heavy atom. The molecule has 1 aliphatic rings. The molecule has 1 amide bonds. The Labute approximate surface area is 112 Å². The van der Waals surface area contributed by atoms with Gasteiger partial charge in [-0.1, -0.05) is 12.1 Å². The van der Waals surface area contributed by atoms with E-state index < -0.39 is 12.0 Å². The van der Waals surface area contributed by atoms with Gasteiger partial charge in [0.15, 0.2) is 0 Å². The first-order chi connectivity index (χ1) is 9.15. The molecule has 1 aliphatic heterocycles. The molecule has 1 heterocycles. The molecule has 2 rings (SSSR count). The van der Waals surface area contributed by atoms with Gasteiger partial charge in [-0.2, -0.15) is 0 Å². The van der Waals surface area contributed by atoms with Crippen molar-refractivity contribution < 1.29 is 19.1 Å². The maximum absolute atomic E-state index is 12.4. The Balaban J connectivity index is 2.24. The van der Waals surface area contributed by atoms with Crippen molar-refractivity contribution in [3.05, 3.63) is 29.8 Å². The van der Waals surface area contributed by atoms with E-state index in [0.717, 1.165) is 0 Å². The van der Waals surface area contributed by atoms with E-state index in [2.05, 4.69) is 0 Å². The largest absolute Gasteiger partial charge is 0.491 e. The molecule has 0 aliphatic carbocycles. The lowest BCUT2D eigenvalue weighted by molar-refractivity contribution is -0.148. The van der Waals surface area contributed by atoms with Crippen LogP contribution in [0.25, 0.3) is 0 Å². The number of esters is 1. The zero-order valence-electron chi connectivity index (χ0n) is 11.1. The number of carbonyl (C=O) groups excluding carboxylic acids is 2. The second-order valence-electron chi connectivity index (χ2n) is 4.27.